The van der Waals surface area contributed by atoms with Gasteiger partial charge in [-0.3, -0.25) is 9.59 Å². The Bertz CT molecular complexity index is 1110. The van der Waals surface area contributed by atoms with E-state index >= 15 is 0 Å². The van der Waals surface area contributed by atoms with E-state index in [9.17, 15) is 9.59 Å². The molecule has 0 radical (unpaired) electrons. The maximum absolute atomic E-state index is 12.5. The number of amides is 2. The zero-order valence-corrected chi connectivity index (χ0v) is 19.6. The standard InChI is InChI=1S/C22H22Cl2N4O2S/c1-11-7-8-16(12(2)9-11)27-17(29)10-31-22-26-13(3)18(21(25)30)20(28-22)14-5-4-6-15(23)19(14)24/h4-9,20H,10H2,1-3H3,(H2,25,30)(H,26,28)(H,27,29)/t20-/m1/s1. The Morgan fingerprint density at radius 3 is 2.61 bits per heavy atom. The summed E-state index contributed by atoms with van der Waals surface area (Å²) in [5.74, 6) is -0.638. The minimum atomic E-state index is -0.713. The van der Waals surface area contributed by atoms with Crippen molar-refractivity contribution < 1.29 is 9.59 Å². The number of nitrogens with two attached hydrogens (primary N) is 1. The van der Waals surface area contributed by atoms with Crippen LogP contribution >= 0.6 is 35.0 Å². The van der Waals surface area contributed by atoms with Crippen LogP contribution < -0.4 is 16.4 Å². The number of primary amides is 1. The number of hydrogen-bond donors (Lipinski definition) is 3. The highest BCUT2D eigenvalue weighted by molar-refractivity contribution is 8.14. The molecule has 6 nitrogen and oxygen atoms in total. The van der Waals surface area contributed by atoms with Crippen LogP contribution in [0.2, 0.25) is 10.0 Å². The monoisotopic (exact) mass is 476 g/mol. The molecule has 1 aliphatic rings. The Morgan fingerprint density at radius 1 is 1.19 bits per heavy atom. The molecular weight excluding hydrogens is 455 g/mol. The zero-order chi connectivity index (χ0) is 22.7. The highest BCUT2D eigenvalue weighted by Crippen LogP contribution is 2.38. The number of aliphatic imine (C=N–C) groups is 1. The van der Waals surface area contributed by atoms with Crippen molar-refractivity contribution in [2.75, 3.05) is 11.1 Å². The van der Waals surface area contributed by atoms with E-state index < -0.39 is 11.9 Å². The molecule has 0 aromatic heterocycles. The van der Waals surface area contributed by atoms with Crippen molar-refractivity contribution >= 4 is 57.6 Å². The minimum absolute atomic E-state index is 0.133. The molecule has 9 heteroatoms. The summed E-state index contributed by atoms with van der Waals surface area (Å²) in [6.45, 7) is 5.68. The highest BCUT2D eigenvalue weighted by Gasteiger charge is 2.30. The first kappa shape index (κ1) is 23.2. The highest BCUT2D eigenvalue weighted by atomic mass is 35.5. The number of hydrogen-bond acceptors (Lipinski definition) is 5. The number of carbonyl (C=O) groups excluding carboxylic acids is 2. The summed E-state index contributed by atoms with van der Waals surface area (Å²) < 4.78 is 0. The van der Waals surface area contributed by atoms with Gasteiger partial charge in [-0.1, -0.05) is 64.8 Å². The summed E-state index contributed by atoms with van der Waals surface area (Å²) in [5.41, 5.74) is 9.92. The van der Waals surface area contributed by atoms with E-state index in [2.05, 4.69) is 15.6 Å². The molecule has 1 aliphatic heterocycles. The van der Waals surface area contributed by atoms with E-state index in [-0.39, 0.29) is 11.7 Å². The van der Waals surface area contributed by atoms with E-state index in [1.807, 2.05) is 32.0 Å². The number of allylic oxidation sites excluding steroid dienone is 1. The van der Waals surface area contributed by atoms with Crippen molar-refractivity contribution in [3.63, 3.8) is 0 Å². The average Bonchev–Trinajstić information content (AvgIpc) is 2.70. The second-order valence-electron chi connectivity index (χ2n) is 7.16. The van der Waals surface area contributed by atoms with Crippen LogP contribution in [0.3, 0.4) is 0 Å². The van der Waals surface area contributed by atoms with Crippen LogP contribution in [0.4, 0.5) is 5.69 Å². The smallest absolute Gasteiger partial charge is 0.248 e. The number of nitrogens with zero attached hydrogens (tertiary/aromatic N) is 1. The average molecular weight is 477 g/mol. The van der Waals surface area contributed by atoms with Crippen LogP contribution in [0.15, 0.2) is 52.7 Å². The van der Waals surface area contributed by atoms with Gasteiger partial charge in [-0.2, -0.15) is 0 Å². The topological polar surface area (TPSA) is 96.6 Å². The van der Waals surface area contributed by atoms with Crippen LogP contribution in [-0.4, -0.2) is 22.7 Å². The second kappa shape index (κ2) is 9.77. The number of rotatable bonds is 5. The van der Waals surface area contributed by atoms with Gasteiger partial charge in [0, 0.05) is 16.9 Å². The number of thioether (sulfide) groups is 1. The van der Waals surface area contributed by atoms with Crippen molar-refractivity contribution in [3.05, 3.63) is 74.4 Å². The summed E-state index contributed by atoms with van der Waals surface area (Å²) in [6, 6.07) is 10.3. The number of benzene rings is 2. The molecule has 0 unspecified atom stereocenters. The molecule has 162 valence electrons. The third kappa shape index (κ3) is 5.42. The van der Waals surface area contributed by atoms with Crippen LogP contribution in [0, 0.1) is 13.8 Å². The lowest BCUT2D eigenvalue weighted by atomic mass is 9.96. The van der Waals surface area contributed by atoms with Gasteiger partial charge in [0.05, 0.1) is 21.4 Å². The summed E-state index contributed by atoms with van der Waals surface area (Å²) in [7, 11) is 0. The van der Waals surface area contributed by atoms with Gasteiger partial charge in [0.1, 0.15) is 6.04 Å². The molecule has 0 fully saturated rings. The van der Waals surface area contributed by atoms with Crippen LogP contribution in [0.5, 0.6) is 0 Å². The van der Waals surface area contributed by atoms with Crippen molar-refractivity contribution in [1.29, 1.82) is 0 Å². The number of halogens is 2. The fraction of sp³-hybridized carbons (Fsp3) is 0.227. The summed E-state index contributed by atoms with van der Waals surface area (Å²) in [5, 5.41) is 7.11. The third-order valence-electron chi connectivity index (χ3n) is 4.76. The van der Waals surface area contributed by atoms with Crippen molar-refractivity contribution in [3.8, 4) is 0 Å². The number of aryl methyl sites for hydroxylation is 2. The molecule has 2 amide bonds. The van der Waals surface area contributed by atoms with E-state index in [4.69, 9.17) is 28.9 Å². The molecule has 0 aliphatic carbocycles. The Morgan fingerprint density at radius 2 is 1.94 bits per heavy atom. The summed E-state index contributed by atoms with van der Waals surface area (Å²) in [4.78, 5) is 29.1. The first-order chi connectivity index (χ1) is 14.7. The molecule has 2 aromatic carbocycles. The SMILES string of the molecule is CC1=C(C(N)=O)[C@@H](c2cccc(Cl)c2Cl)N=C(SCC(=O)Nc2ccc(C)cc2C)N1. The molecule has 1 atom stereocenters. The molecule has 31 heavy (non-hydrogen) atoms. The number of carbonyl (C=O) groups is 2. The first-order valence-corrected chi connectivity index (χ1v) is 11.2. The molecule has 1 heterocycles. The van der Waals surface area contributed by atoms with Gasteiger partial charge >= 0.3 is 0 Å². The van der Waals surface area contributed by atoms with Gasteiger partial charge in [0.25, 0.3) is 0 Å². The van der Waals surface area contributed by atoms with Crippen LogP contribution in [-0.2, 0) is 9.59 Å². The third-order valence-corrected chi connectivity index (χ3v) is 6.48. The molecule has 0 saturated heterocycles. The normalized spacial score (nSPS) is 15.9. The van der Waals surface area contributed by atoms with E-state index in [0.717, 1.165) is 16.8 Å². The van der Waals surface area contributed by atoms with Gasteiger partial charge in [-0.25, -0.2) is 4.99 Å². The van der Waals surface area contributed by atoms with Gasteiger partial charge in [-0.15, -0.1) is 0 Å². The van der Waals surface area contributed by atoms with Gasteiger partial charge in [0.2, 0.25) is 11.8 Å². The Kier molecular flexibility index (Phi) is 7.30. The fourth-order valence-electron chi connectivity index (χ4n) is 3.27. The predicted octanol–water partition coefficient (Wildman–Crippen LogP) is 4.74. The van der Waals surface area contributed by atoms with Gasteiger partial charge in [-0.05, 0) is 38.5 Å². The molecule has 3 rings (SSSR count). The largest absolute Gasteiger partial charge is 0.366 e. The quantitative estimate of drug-likeness (QED) is 0.580. The Labute approximate surface area is 195 Å². The molecular formula is C22H22Cl2N4O2S. The van der Waals surface area contributed by atoms with Crippen molar-refractivity contribution in [2.24, 2.45) is 10.7 Å². The zero-order valence-electron chi connectivity index (χ0n) is 17.3. The Balaban J connectivity index is 1.79. The maximum Gasteiger partial charge on any atom is 0.248 e. The summed E-state index contributed by atoms with van der Waals surface area (Å²) >= 11 is 13.7. The molecule has 2 aromatic rings. The van der Waals surface area contributed by atoms with Crippen LogP contribution in [0.1, 0.15) is 29.7 Å². The van der Waals surface area contributed by atoms with E-state index in [1.165, 1.54) is 11.8 Å². The molecule has 0 bridgehead atoms. The number of amidine groups is 1. The lowest BCUT2D eigenvalue weighted by Gasteiger charge is -2.26. The van der Waals surface area contributed by atoms with E-state index in [1.54, 1.807) is 25.1 Å². The van der Waals surface area contributed by atoms with Gasteiger partial charge in [0.15, 0.2) is 5.17 Å². The lowest BCUT2D eigenvalue weighted by molar-refractivity contribution is -0.115. The van der Waals surface area contributed by atoms with E-state index in [0.29, 0.717) is 32.0 Å². The van der Waals surface area contributed by atoms with Gasteiger partial charge < -0.3 is 16.4 Å². The summed E-state index contributed by atoms with van der Waals surface area (Å²) in [6.07, 6.45) is 0. The first-order valence-electron chi connectivity index (χ1n) is 9.46. The van der Waals surface area contributed by atoms with Crippen molar-refractivity contribution in [2.45, 2.75) is 26.8 Å². The predicted molar refractivity (Wildman–Crippen MR) is 129 cm³/mol. The molecule has 0 spiro atoms. The number of anilines is 1. The maximum atomic E-state index is 12.5. The second-order valence-corrected chi connectivity index (χ2v) is 8.91. The van der Waals surface area contributed by atoms with Crippen LogP contribution in [0.25, 0.3) is 0 Å². The molecule has 4 N–H and O–H groups in total. The number of nitrogens with one attached hydrogen (secondary N) is 2. The van der Waals surface area contributed by atoms with Crippen molar-refractivity contribution in [1.82, 2.24) is 5.32 Å². The lowest BCUT2D eigenvalue weighted by Crippen LogP contribution is -2.33. The fourth-order valence-corrected chi connectivity index (χ4v) is 4.43. The Hall–Kier alpha value is -2.48. The molecule has 0 saturated carbocycles. The minimum Gasteiger partial charge on any atom is -0.366 e.